The lowest BCUT2D eigenvalue weighted by Gasteiger charge is -2.19. The highest BCUT2D eigenvalue weighted by molar-refractivity contribution is 6.67. The molecule has 1 aliphatic heterocycles. The van der Waals surface area contributed by atoms with Crippen molar-refractivity contribution in [2.24, 2.45) is 4.99 Å². The van der Waals surface area contributed by atoms with Gasteiger partial charge in [0.1, 0.15) is 0 Å². The molecular formula is C8H6Cl2N2. The van der Waals surface area contributed by atoms with Gasteiger partial charge in [-0.15, -0.1) is 0 Å². The van der Waals surface area contributed by atoms with Crippen molar-refractivity contribution >= 4 is 34.4 Å². The van der Waals surface area contributed by atoms with Crippen LogP contribution in [-0.2, 0) is 6.54 Å². The van der Waals surface area contributed by atoms with Crippen molar-refractivity contribution in [2.75, 3.05) is 0 Å². The Bertz CT molecular complexity index is 336. The molecule has 1 aliphatic rings. The third-order valence-corrected chi connectivity index (χ3v) is 2.37. The molecule has 0 saturated carbocycles. The van der Waals surface area contributed by atoms with Gasteiger partial charge in [0, 0.05) is 11.8 Å². The molecule has 0 aromatic heterocycles. The monoisotopic (exact) mass is 200 g/mol. The maximum absolute atomic E-state index is 5.77. The van der Waals surface area contributed by atoms with Crippen molar-refractivity contribution in [1.29, 1.82) is 0 Å². The van der Waals surface area contributed by atoms with Crippen LogP contribution in [0, 0.1) is 0 Å². The molecule has 0 radical (unpaired) electrons. The molecule has 1 aromatic rings. The van der Waals surface area contributed by atoms with E-state index in [1.54, 1.807) is 0 Å². The molecule has 12 heavy (non-hydrogen) atoms. The molecule has 1 heterocycles. The van der Waals surface area contributed by atoms with Gasteiger partial charge in [0.15, 0.2) is 0 Å². The van der Waals surface area contributed by atoms with Gasteiger partial charge in [0.05, 0.1) is 12.2 Å². The van der Waals surface area contributed by atoms with Crippen LogP contribution in [0.2, 0.25) is 0 Å². The van der Waals surface area contributed by atoms with Crippen LogP contribution in [0.5, 0.6) is 0 Å². The van der Waals surface area contributed by atoms with Crippen LogP contribution in [-0.4, -0.2) is 9.71 Å². The summed E-state index contributed by atoms with van der Waals surface area (Å²) < 4.78 is 1.39. The van der Waals surface area contributed by atoms with E-state index in [9.17, 15) is 0 Å². The fourth-order valence-electron chi connectivity index (χ4n) is 1.12. The minimum Gasteiger partial charge on any atom is -0.254 e. The Balaban J connectivity index is 2.49. The Hall–Kier alpha value is -0.730. The van der Waals surface area contributed by atoms with Crippen LogP contribution in [0.3, 0.4) is 0 Å². The van der Waals surface area contributed by atoms with Crippen molar-refractivity contribution in [2.45, 2.75) is 6.54 Å². The summed E-state index contributed by atoms with van der Waals surface area (Å²) in [6, 6.07) is 7.79. The third kappa shape index (κ3) is 1.28. The van der Waals surface area contributed by atoms with Crippen LogP contribution < -0.4 is 0 Å². The first-order chi connectivity index (χ1) is 5.77. The lowest BCUT2D eigenvalue weighted by atomic mass is 10.1. The van der Waals surface area contributed by atoms with Crippen LogP contribution in [0.15, 0.2) is 29.3 Å². The Labute approximate surface area is 80.5 Å². The minimum atomic E-state index is 0.329. The van der Waals surface area contributed by atoms with Crippen molar-refractivity contribution in [3.63, 3.8) is 0 Å². The quantitative estimate of drug-likeness (QED) is 0.465. The summed E-state index contributed by atoms with van der Waals surface area (Å²) >= 11 is 11.5. The predicted octanol–water partition coefficient (Wildman–Crippen LogP) is 2.88. The molecular weight excluding hydrogens is 195 g/mol. The standard InChI is InChI=1S/C8H6Cl2N2/c9-8-11-7-4-2-1-3-6(7)5-12(8)10/h1-4H,5H2. The van der Waals surface area contributed by atoms with E-state index in [1.165, 1.54) is 4.42 Å². The van der Waals surface area contributed by atoms with Crippen LogP contribution in [0.1, 0.15) is 5.56 Å². The van der Waals surface area contributed by atoms with Crippen molar-refractivity contribution in [3.8, 4) is 0 Å². The van der Waals surface area contributed by atoms with E-state index < -0.39 is 0 Å². The van der Waals surface area contributed by atoms with Gasteiger partial charge >= 0.3 is 0 Å². The molecule has 0 spiro atoms. The second-order valence-electron chi connectivity index (χ2n) is 2.53. The first-order valence-corrected chi connectivity index (χ1v) is 4.24. The van der Waals surface area contributed by atoms with Gasteiger partial charge in [-0.05, 0) is 23.2 Å². The van der Waals surface area contributed by atoms with Gasteiger partial charge in [0.2, 0.25) is 5.29 Å². The van der Waals surface area contributed by atoms with E-state index in [1.807, 2.05) is 24.3 Å². The predicted molar refractivity (Wildman–Crippen MR) is 50.8 cm³/mol. The first kappa shape index (κ1) is 7.90. The topological polar surface area (TPSA) is 15.6 Å². The number of rotatable bonds is 0. The molecule has 1 aromatic carbocycles. The number of fused-ring (bicyclic) bond motifs is 1. The van der Waals surface area contributed by atoms with E-state index in [0.29, 0.717) is 11.8 Å². The molecule has 0 fully saturated rings. The smallest absolute Gasteiger partial charge is 0.214 e. The molecule has 0 amide bonds. The van der Waals surface area contributed by atoms with Gasteiger partial charge < -0.3 is 0 Å². The maximum Gasteiger partial charge on any atom is 0.214 e. The maximum atomic E-state index is 5.77. The molecule has 2 nitrogen and oxygen atoms in total. The van der Waals surface area contributed by atoms with E-state index in [0.717, 1.165) is 11.3 Å². The molecule has 0 N–H and O–H groups in total. The number of halogens is 2. The number of amidine groups is 1. The summed E-state index contributed by atoms with van der Waals surface area (Å²) in [7, 11) is 0. The highest BCUT2D eigenvalue weighted by atomic mass is 35.5. The van der Waals surface area contributed by atoms with Gasteiger partial charge in [0.25, 0.3) is 0 Å². The lowest BCUT2D eigenvalue weighted by Crippen LogP contribution is -2.19. The third-order valence-electron chi connectivity index (χ3n) is 1.71. The Morgan fingerprint density at radius 3 is 2.92 bits per heavy atom. The molecule has 0 aliphatic carbocycles. The SMILES string of the molecule is ClC1=Nc2ccccc2CN1Cl. The number of hydrogen-bond donors (Lipinski definition) is 0. The number of hydrogen-bond acceptors (Lipinski definition) is 2. The summed E-state index contributed by atoms with van der Waals surface area (Å²) in [4.78, 5) is 4.10. The summed E-state index contributed by atoms with van der Waals surface area (Å²) in [5, 5.41) is 0.329. The molecule has 0 saturated heterocycles. The fraction of sp³-hybridized carbons (Fsp3) is 0.125. The van der Waals surface area contributed by atoms with Gasteiger partial charge in [-0.3, -0.25) is 4.42 Å². The Morgan fingerprint density at radius 2 is 2.08 bits per heavy atom. The van der Waals surface area contributed by atoms with Crippen LogP contribution >= 0.6 is 23.4 Å². The molecule has 62 valence electrons. The molecule has 0 unspecified atom stereocenters. The Morgan fingerprint density at radius 1 is 1.33 bits per heavy atom. The van der Waals surface area contributed by atoms with Crippen LogP contribution in [0.25, 0.3) is 0 Å². The molecule has 4 heteroatoms. The summed E-state index contributed by atoms with van der Waals surface area (Å²) in [6.07, 6.45) is 0. The zero-order valence-electron chi connectivity index (χ0n) is 6.17. The van der Waals surface area contributed by atoms with Gasteiger partial charge in [-0.1, -0.05) is 18.2 Å². The molecule has 0 atom stereocenters. The van der Waals surface area contributed by atoms with Gasteiger partial charge in [-0.25, -0.2) is 4.99 Å². The Kier molecular flexibility index (Phi) is 1.95. The largest absolute Gasteiger partial charge is 0.254 e. The van der Waals surface area contributed by atoms with Crippen molar-refractivity contribution < 1.29 is 0 Å². The summed E-state index contributed by atoms with van der Waals surface area (Å²) in [6.45, 7) is 0.611. The highest BCUT2D eigenvalue weighted by Gasteiger charge is 2.15. The zero-order valence-corrected chi connectivity index (χ0v) is 7.68. The summed E-state index contributed by atoms with van der Waals surface area (Å²) in [5.74, 6) is 0. The van der Waals surface area contributed by atoms with Crippen LogP contribution in [0.4, 0.5) is 5.69 Å². The van der Waals surface area contributed by atoms with Gasteiger partial charge in [-0.2, -0.15) is 0 Å². The van der Waals surface area contributed by atoms with Crippen molar-refractivity contribution in [3.05, 3.63) is 29.8 Å². The average molecular weight is 201 g/mol. The number of benzene rings is 1. The summed E-state index contributed by atoms with van der Waals surface area (Å²) in [5.41, 5.74) is 2.00. The molecule has 0 bridgehead atoms. The average Bonchev–Trinajstić information content (AvgIpc) is 2.07. The normalized spacial score (nSPS) is 15.5. The van der Waals surface area contributed by atoms with E-state index in [4.69, 9.17) is 23.4 Å². The second kappa shape index (κ2) is 2.96. The highest BCUT2D eigenvalue weighted by Crippen LogP contribution is 2.27. The number of nitrogens with zero attached hydrogens (tertiary/aromatic N) is 2. The van der Waals surface area contributed by atoms with Crippen molar-refractivity contribution in [1.82, 2.24) is 4.42 Å². The second-order valence-corrected chi connectivity index (χ2v) is 3.28. The molecule has 2 rings (SSSR count). The lowest BCUT2D eigenvalue weighted by molar-refractivity contribution is 0.652. The van der Waals surface area contributed by atoms with E-state index in [-0.39, 0.29) is 0 Å². The first-order valence-electron chi connectivity index (χ1n) is 3.53. The zero-order chi connectivity index (χ0) is 8.55. The minimum absolute atomic E-state index is 0.329. The van der Waals surface area contributed by atoms with E-state index in [2.05, 4.69) is 4.99 Å². The fourth-order valence-corrected chi connectivity index (χ4v) is 1.44. The van der Waals surface area contributed by atoms with E-state index >= 15 is 0 Å². The number of aliphatic imine (C=N–C) groups is 1. The number of para-hydroxylation sites is 1.